The van der Waals surface area contributed by atoms with E-state index in [9.17, 15) is 5.11 Å². The minimum absolute atomic E-state index is 0.210. The van der Waals surface area contributed by atoms with Crippen molar-refractivity contribution in [2.75, 3.05) is 14.2 Å². The van der Waals surface area contributed by atoms with Gasteiger partial charge in [0.25, 0.3) is 0 Å². The largest absolute Gasteiger partial charge is 0.493 e. The molecule has 142 valence electrons. The van der Waals surface area contributed by atoms with Gasteiger partial charge in [0.2, 0.25) is 0 Å². The number of rotatable bonds is 13. The van der Waals surface area contributed by atoms with Gasteiger partial charge in [-0.25, -0.2) is 0 Å². The number of aryl methyl sites for hydroxylation is 1. The molecule has 25 heavy (non-hydrogen) atoms. The van der Waals surface area contributed by atoms with Crippen molar-refractivity contribution in [3.05, 3.63) is 23.8 Å². The van der Waals surface area contributed by atoms with E-state index in [-0.39, 0.29) is 12.2 Å². The van der Waals surface area contributed by atoms with Gasteiger partial charge in [0, 0.05) is 6.42 Å². The molecule has 1 heterocycles. The van der Waals surface area contributed by atoms with Gasteiger partial charge in [-0.15, -0.1) is 0 Å². The van der Waals surface area contributed by atoms with Crippen molar-refractivity contribution >= 4 is 0 Å². The van der Waals surface area contributed by atoms with Crippen LogP contribution in [0.2, 0.25) is 0 Å². The Morgan fingerprint density at radius 3 is 2.52 bits per heavy atom. The molecule has 0 bridgehead atoms. The van der Waals surface area contributed by atoms with E-state index in [1.165, 1.54) is 31.2 Å². The van der Waals surface area contributed by atoms with Crippen LogP contribution in [0.15, 0.2) is 18.2 Å². The van der Waals surface area contributed by atoms with Gasteiger partial charge in [-0.05, 0) is 37.0 Å². The first-order valence-corrected chi connectivity index (χ1v) is 9.72. The summed E-state index contributed by atoms with van der Waals surface area (Å²) >= 11 is 0. The Labute approximate surface area is 152 Å². The standard InChI is InChI=1S/C21H34O4/c1-4-5-6-7-8-9-17(22)15-21-19(25-21)13-11-16-10-12-18(23-2)20(14-16)24-3/h10,12,14,17,19,21-22H,4-9,11,13,15H2,1-3H3. The molecule has 4 heteroatoms. The molecule has 0 saturated carbocycles. The lowest BCUT2D eigenvalue weighted by Gasteiger charge is -2.09. The molecule has 3 unspecified atom stereocenters. The van der Waals surface area contributed by atoms with E-state index in [2.05, 4.69) is 13.0 Å². The normalized spacial score (nSPS) is 20.3. The van der Waals surface area contributed by atoms with E-state index in [4.69, 9.17) is 14.2 Å². The topological polar surface area (TPSA) is 51.2 Å². The second-order valence-corrected chi connectivity index (χ2v) is 7.03. The molecular formula is C21H34O4. The van der Waals surface area contributed by atoms with Gasteiger partial charge in [0.1, 0.15) is 0 Å². The number of hydrogen-bond acceptors (Lipinski definition) is 4. The highest BCUT2D eigenvalue weighted by Gasteiger charge is 2.39. The first-order chi connectivity index (χ1) is 12.2. The fourth-order valence-corrected chi connectivity index (χ4v) is 3.36. The average Bonchev–Trinajstić information content (AvgIpc) is 3.37. The van der Waals surface area contributed by atoms with Crippen LogP contribution in [0, 0.1) is 0 Å². The van der Waals surface area contributed by atoms with Gasteiger partial charge in [0.05, 0.1) is 32.5 Å². The van der Waals surface area contributed by atoms with Crippen LogP contribution in [0.5, 0.6) is 11.5 Å². The molecule has 3 atom stereocenters. The van der Waals surface area contributed by atoms with E-state index in [0.717, 1.165) is 43.6 Å². The fraction of sp³-hybridized carbons (Fsp3) is 0.714. The minimum atomic E-state index is -0.210. The first kappa shape index (κ1) is 20.1. The molecule has 1 aliphatic heterocycles. The van der Waals surface area contributed by atoms with Crippen LogP contribution < -0.4 is 9.47 Å². The Hall–Kier alpha value is -1.26. The van der Waals surface area contributed by atoms with Crippen LogP contribution in [0.25, 0.3) is 0 Å². The molecule has 1 fully saturated rings. The quantitative estimate of drug-likeness (QED) is 0.420. The Bertz CT molecular complexity index is 503. The zero-order valence-corrected chi connectivity index (χ0v) is 16.0. The number of aliphatic hydroxyl groups excluding tert-OH is 1. The van der Waals surface area contributed by atoms with Crippen molar-refractivity contribution in [2.24, 2.45) is 0 Å². The number of hydrogen-bond donors (Lipinski definition) is 1. The Morgan fingerprint density at radius 2 is 1.80 bits per heavy atom. The zero-order valence-electron chi connectivity index (χ0n) is 16.0. The number of aliphatic hydroxyl groups is 1. The summed E-state index contributed by atoms with van der Waals surface area (Å²) in [5.41, 5.74) is 1.23. The van der Waals surface area contributed by atoms with E-state index >= 15 is 0 Å². The Morgan fingerprint density at radius 1 is 1.04 bits per heavy atom. The van der Waals surface area contributed by atoms with Gasteiger partial charge in [-0.2, -0.15) is 0 Å². The third kappa shape index (κ3) is 6.87. The van der Waals surface area contributed by atoms with E-state index in [1.54, 1.807) is 14.2 Å². The van der Waals surface area contributed by atoms with Crippen LogP contribution in [0.3, 0.4) is 0 Å². The van der Waals surface area contributed by atoms with E-state index in [1.807, 2.05) is 12.1 Å². The monoisotopic (exact) mass is 350 g/mol. The number of ether oxygens (including phenoxy) is 3. The molecular weight excluding hydrogens is 316 g/mol. The summed E-state index contributed by atoms with van der Waals surface area (Å²) in [5.74, 6) is 1.53. The van der Waals surface area contributed by atoms with Crippen molar-refractivity contribution in [1.29, 1.82) is 0 Å². The highest BCUT2D eigenvalue weighted by Crippen LogP contribution is 2.33. The third-order valence-electron chi connectivity index (χ3n) is 5.00. The van der Waals surface area contributed by atoms with Crippen molar-refractivity contribution in [1.82, 2.24) is 0 Å². The highest BCUT2D eigenvalue weighted by molar-refractivity contribution is 5.42. The molecule has 0 aromatic heterocycles. The van der Waals surface area contributed by atoms with Gasteiger partial charge in [-0.1, -0.05) is 45.1 Å². The minimum Gasteiger partial charge on any atom is -0.493 e. The maximum Gasteiger partial charge on any atom is 0.160 e. The Balaban J connectivity index is 1.62. The first-order valence-electron chi connectivity index (χ1n) is 9.72. The second kappa shape index (κ2) is 10.7. The number of unbranched alkanes of at least 4 members (excludes halogenated alkanes) is 4. The summed E-state index contributed by atoms with van der Waals surface area (Å²) in [7, 11) is 3.31. The molecule has 0 spiro atoms. The van der Waals surface area contributed by atoms with Crippen LogP contribution in [-0.4, -0.2) is 37.6 Å². The third-order valence-corrected chi connectivity index (χ3v) is 5.00. The van der Waals surface area contributed by atoms with Crippen LogP contribution >= 0.6 is 0 Å². The Kier molecular flexibility index (Phi) is 8.56. The van der Waals surface area contributed by atoms with Gasteiger partial charge < -0.3 is 19.3 Å². The second-order valence-electron chi connectivity index (χ2n) is 7.03. The molecule has 0 amide bonds. The van der Waals surface area contributed by atoms with E-state index < -0.39 is 0 Å². The number of epoxide rings is 1. The van der Waals surface area contributed by atoms with Crippen molar-refractivity contribution in [3.8, 4) is 11.5 Å². The molecule has 0 radical (unpaired) electrons. The molecule has 1 aromatic carbocycles. The zero-order chi connectivity index (χ0) is 18.1. The molecule has 0 aliphatic carbocycles. The molecule has 1 saturated heterocycles. The predicted octanol–water partition coefficient (Wildman–Crippen LogP) is 4.52. The molecule has 1 N–H and O–H groups in total. The maximum absolute atomic E-state index is 10.1. The summed E-state index contributed by atoms with van der Waals surface area (Å²) in [5, 5.41) is 10.1. The fourth-order valence-electron chi connectivity index (χ4n) is 3.36. The van der Waals surface area contributed by atoms with Gasteiger partial charge in [0.15, 0.2) is 11.5 Å². The summed E-state index contributed by atoms with van der Waals surface area (Å²) in [6, 6.07) is 6.05. The maximum atomic E-state index is 10.1. The molecule has 4 nitrogen and oxygen atoms in total. The van der Waals surface area contributed by atoms with Crippen LogP contribution in [0.4, 0.5) is 0 Å². The molecule has 1 aliphatic rings. The van der Waals surface area contributed by atoms with Crippen molar-refractivity contribution in [2.45, 2.75) is 83.0 Å². The number of methoxy groups -OCH3 is 2. The van der Waals surface area contributed by atoms with Crippen LogP contribution in [0.1, 0.15) is 63.9 Å². The SMILES string of the molecule is CCCCCCCC(O)CC1OC1CCc1ccc(OC)c(OC)c1. The summed E-state index contributed by atoms with van der Waals surface area (Å²) in [6.45, 7) is 2.22. The molecule has 2 rings (SSSR count). The predicted molar refractivity (Wildman–Crippen MR) is 101 cm³/mol. The lowest BCUT2D eigenvalue weighted by atomic mass is 10.0. The smallest absolute Gasteiger partial charge is 0.160 e. The molecule has 1 aromatic rings. The van der Waals surface area contributed by atoms with Crippen molar-refractivity contribution < 1.29 is 19.3 Å². The lowest BCUT2D eigenvalue weighted by molar-refractivity contribution is 0.139. The van der Waals surface area contributed by atoms with Crippen molar-refractivity contribution in [3.63, 3.8) is 0 Å². The van der Waals surface area contributed by atoms with Crippen LogP contribution in [-0.2, 0) is 11.2 Å². The summed E-state index contributed by atoms with van der Waals surface area (Å²) in [4.78, 5) is 0. The summed E-state index contributed by atoms with van der Waals surface area (Å²) in [6.07, 6.45) is 10.2. The van der Waals surface area contributed by atoms with E-state index in [0.29, 0.717) is 6.10 Å². The number of benzene rings is 1. The lowest BCUT2D eigenvalue weighted by Crippen LogP contribution is -2.11. The highest BCUT2D eigenvalue weighted by atomic mass is 16.6. The van der Waals surface area contributed by atoms with Gasteiger partial charge in [-0.3, -0.25) is 0 Å². The van der Waals surface area contributed by atoms with Gasteiger partial charge >= 0.3 is 0 Å². The average molecular weight is 350 g/mol. The summed E-state index contributed by atoms with van der Waals surface area (Å²) < 4.78 is 16.4.